The molecule has 0 saturated carbocycles. The highest BCUT2D eigenvalue weighted by atomic mass is 32.2. The number of hydrogen-bond acceptors (Lipinski definition) is 5. The summed E-state index contributed by atoms with van der Waals surface area (Å²) in [6.45, 7) is 5.67. The minimum absolute atomic E-state index is 0.166. The van der Waals surface area contributed by atoms with E-state index in [-0.39, 0.29) is 11.5 Å². The van der Waals surface area contributed by atoms with Crippen LogP contribution < -0.4 is 9.47 Å². The predicted molar refractivity (Wildman–Crippen MR) is 138 cm³/mol. The summed E-state index contributed by atoms with van der Waals surface area (Å²) in [5.74, 6) is 1.37. The van der Waals surface area contributed by atoms with E-state index in [0.29, 0.717) is 24.7 Å². The van der Waals surface area contributed by atoms with Crippen molar-refractivity contribution in [3.63, 3.8) is 0 Å². The van der Waals surface area contributed by atoms with Crippen LogP contribution in [0.15, 0.2) is 46.2 Å². The molecule has 0 aliphatic rings. The second-order valence-corrected chi connectivity index (χ2v) is 9.74. The topological polar surface area (TPSA) is 58.9 Å². The Labute approximate surface area is 204 Å². The molecule has 5 heteroatoms. The van der Waals surface area contributed by atoms with Crippen LogP contribution in [0.1, 0.15) is 90.9 Å². The summed E-state index contributed by atoms with van der Waals surface area (Å²) in [5, 5.41) is 20.3. The maximum atomic E-state index is 10.2. The van der Waals surface area contributed by atoms with Gasteiger partial charge in [-0.1, -0.05) is 89.8 Å². The molecule has 0 spiro atoms. The van der Waals surface area contributed by atoms with E-state index in [9.17, 15) is 10.2 Å². The number of unbranched alkanes of at least 4 members (excludes halogenated alkanes) is 10. The Bertz CT molecular complexity index is 728. The van der Waals surface area contributed by atoms with Gasteiger partial charge in [0.15, 0.2) is 23.0 Å². The van der Waals surface area contributed by atoms with Crippen molar-refractivity contribution < 1.29 is 19.7 Å². The number of benzene rings is 2. The van der Waals surface area contributed by atoms with Crippen molar-refractivity contribution in [3.05, 3.63) is 36.4 Å². The summed E-state index contributed by atoms with van der Waals surface area (Å²) in [6.07, 6.45) is 14.5. The zero-order chi connectivity index (χ0) is 23.7. The van der Waals surface area contributed by atoms with Crippen molar-refractivity contribution in [1.82, 2.24) is 0 Å². The largest absolute Gasteiger partial charge is 0.504 e. The first-order chi connectivity index (χ1) is 16.1. The lowest BCUT2D eigenvalue weighted by Crippen LogP contribution is -1.98. The standard InChI is InChI=1S/C28H42O4S/c1-3-5-7-9-11-13-19-31-27-21-23(15-17-25(27)29)33-24-16-18-26(30)28(22-24)32-20-14-12-10-8-6-4-2/h15-18,21-22,29-30H,3-14,19-20H2,1-2H3. The number of rotatable bonds is 18. The van der Waals surface area contributed by atoms with E-state index in [4.69, 9.17) is 9.47 Å². The predicted octanol–water partition coefficient (Wildman–Crippen LogP) is 8.73. The Morgan fingerprint density at radius 3 is 1.39 bits per heavy atom. The van der Waals surface area contributed by atoms with Crippen LogP contribution in [0, 0.1) is 0 Å². The maximum Gasteiger partial charge on any atom is 0.162 e. The molecule has 0 saturated heterocycles. The van der Waals surface area contributed by atoms with Crippen LogP contribution in [-0.4, -0.2) is 23.4 Å². The molecule has 2 N–H and O–H groups in total. The fourth-order valence-corrected chi connectivity index (χ4v) is 4.49. The number of aromatic hydroxyl groups is 2. The van der Waals surface area contributed by atoms with E-state index in [1.807, 2.05) is 24.3 Å². The van der Waals surface area contributed by atoms with Crippen molar-refractivity contribution in [2.45, 2.75) is 101 Å². The van der Waals surface area contributed by atoms with Crippen molar-refractivity contribution in [2.24, 2.45) is 0 Å². The van der Waals surface area contributed by atoms with Gasteiger partial charge < -0.3 is 19.7 Å². The van der Waals surface area contributed by atoms with Gasteiger partial charge >= 0.3 is 0 Å². The van der Waals surface area contributed by atoms with Crippen LogP contribution in [0.25, 0.3) is 0 Å². The molecular weight excluding hydrogens is 432 g/mol. The molecule has 2 aromatic rings. The molecule has 2 rings (SSSR count). The molecule has 4 nitrogen and oxygen atoms in total. The van der Waals surface area contributed by atoms with Crippen LogP contribution in [0.3, 0.4) is 0 Å². The average Bonchev–Trinajstić information content (AvgIpc) is 2.81. The summed E-state index contributed by atoms with van der Waals surface area (Å²) in [5.41, 5.74) is 0. The van der Waals surface area contributed by atoms with Crippen molar-refractivity contribution in [1.29, 1.82) is 0 Å². The first-order valence-electron chi connectivity index (χ1n) is 12.7. The zero-order valence-electron chi connectivity index (χ0n) is 20.5. The maximum absolute atomic E-state index is 10.2. The summed E-state index contributed by atoms with van der Waals surface area (Å²) in [6, 6.07) is 10.9. The first kappa shape index (κ1) is 27.2. The molecule has 0 aliphatic heterocycles. The number of phenolic OH excluding ortho intramolecular Hbond substituents is 2. The lowest BCUT2D eigenvalue weighted by Gasteiger charge is -2.12. The van der Waals surface area contributed by atoms with Gasteiger partial charge in [-0.25, -0.2) is 0 Å². The summed E-state index contributed by atoms with van der Waals surface area (Å²) >= 11 is 1.56. The molecule has 184 valence electrons. The fraction of sp³-hybridized carbons (Fsp3) is 0.571. The average molecular weight is 475 g/mol. The van der Waals surface area contributed by atoms with E-state index >= 15 is 0 Å². The lowest BCUT2D eigenvalue weighted by molar-refractivity contribution is 0.288. The van der Waals surface area contributed by atoms with E-state index in [1.54, 1.807) is 23.9 Å². The number of phenols is 2. The molecule has 0 bridgehead atoms. The van der Waals surface area contributed by atoms with Crippen LogP contribution in [0.2, 0.25) is 0 Å². The second kappa shape index (κ2) is 16.6. The van der Waals surface area contributed by atoms with E-state index in [1.165, 1.54) is 51.4 Å². The van der Waals surface area contributed by atoms with Gasteiger partial charge in [-0.15, -0.1) is 0 Å². The van der Waals surface area contributed by atoms with Gasteiger partial charge in [0, 0.05) is 9.79 Å². The highest BCUT2D eigenvalue weighted by molar-refractivity contribution is 7.99. The summed E-state index contributed by atoms with van der Waals surface area (Å²) in [7, 11) is 0. The Kier molecular flexibility index (Phi) is 13.7. The normalized spacial score (nSPS) is 11.0. The Morgan fingerprint density at radius 1 is 0.576 bits per heavy atom. The molecular formula is C28H42O4S. The smallest absolute Gasteiger partial charge is 0.162 e. The minimum atomic E-state index is 0.166. The van der Waals surface area contributed by atoms with Gasteiger partial charge in [-0.2, -0.15) is 0 Å². The van der Waals surface area contributed by atoms with Gasteiger partial charge in [-0.05, 0) is 49.2 Å². The zero-order valence-corrected chi connectivity index (χ0v) is 21.3. The first-order valence-corrected chi connectivity index (χ1v) is 13.5. The van der Waals surface area contributed by atoms with Crippen LogP contribution in [-0.2, 0) is 0 Å². The third-order valence-corrected chi connectivity index (χ3v) is 6.59. The lowest BCUT2D eigenvalue weighted by atomic mass is 10.1. The third kappa shape index (κ3) is 11.1. The Hall–Kier alpha value is -2.01. The monoisotopic (exact) mass is 474 g/mol. The van der Waals surface area contributed by atoms with E-state index in [0.717, 1.165) is 35.5 Å². The third-order valence-electron chi connectivity index (χ3n) is 5.61. The van der Waals surface area contributed by atoms with Crippen molar-refractivity contribution in [2.75, 3.05) is 13.2 Å². The molecule has 0 heterocycles. The second-order valence-electron chi connectivity index (χ2n) is 8.59. The molecule has 0 aliphatic carbocycles. The fourth-order valence-electron chi connectivity index (χ4n) is 3.61. The molecule has 2 aromatic carbocycles. The number of hydrogen-bond donors (Lipinski definition) is 2. The van der Waals surface area contributed by atoms with Gasteiger partial charge in [0.2, 0.25) is 0 Å². The van der Waals surface area contributed by atoms with E-state index in [2.05, 4.69) is 13.8 Å². The van der Waals surface area contributed by atoms with Gasteiger partial charge in [0.1, 0.15) is 0 Å². The highest BCUT2D eigenvalue weighted by Gasteiger charge is 2.09. The van der Waals surface area contributed by atoms with Crippen LogP contribution in [0.5, 0.6) is 23.0 Å². The molecule has 0 aromatic heterocycles. The van der Waals surface area contributed by atoms with Crippen LogP contribution in [0.4, 0.5) is 0 Å². The van der Waals surface area contributed by atoms with Crippen molar-refractivity contribution in [3.8, 4) is 23.0 Å². The molecule has 0 unspecified atom stereocenters. The molecule has 0 atom stereocenters. The highest BCUT2D eigenvalue weighted by Crippen LogP contribution is 2.38. The quantitative estimate of drug-likeness (QED) is 0.212. The minimum Gasteiger partial charge on any atom is -0.504 e. The molecule has 0 fully saturated rings. The molecule has 0 amide bonds. The van der Waals surface area contributed by atoms with Gasteiger partial charge in [0.05, 0.1) is 13.2 Å². The Morgan fingerprint density at radius 2 is 0.970 bits per heavy atom. The summed E-state index contributed by atoms with van der Waals surface area (Å²) in [4.78, 5) is 1.94. The van der Waals surface area contributed by atoms with Crippen molar-refractivity contribution >= 4 is 11.8 Å². The summed E-state index contributed by atoms with van der Waals surface area (Å²) < 4.78 is 11.7. The molecule has 33 heavy (non-hydrogen) atoms. The van der Waals surface area contributed by atoms with Crippen LogP contribution >= 0.6 is 11.8 Å². The SMILES string of the molecule is CCCCCCCCOc1cc(Sc2ccc(O)c(OCCCCCCCC)c2)ccc1O. The number of ether oxygens (including phenoxy) is 2. The van der Waals surface area contributed by atoms with Gasteiger partial charge in [-0.3, -0.25) is 0 Å². The van der Waals surface area contributed by atoms with Gasteiger partial charge in [0.25, 0.3) is 0 Å². The molecule has 0 radical (unpaired) electrons. The van der Waals surface area contributed by atoms with E-state index < -0.39 is 0 Å². The Balaban J connectivity index is 1.83.